The van der Waals surface area contributed by atoms with Crippen molar-refractivity contribution < 1.29 is 9.59 Å². The molecule has 8 heteroatoms. The number of carbonyl (C=O) groups excluding carboxylic acids is 2. The number of aromatic amines is 1. The van der Waals surface area contributed by atoms with E-state index in [1.54, 1.807) is 0 Å². The Kier molecular flexibility index (Phi) is 4.44. The lowest BCUT2D eigenvalue weighted by Crippen LogP contribution is -2.37. The monoisotopic (exact) mass is 240 g/mol. The number of nitrogens with zero attached hydrogens (tertiary/aromatic N) is 2. The minimum absolute atomic E-state index is 0.0905. The van der Waals surface area contributed by atoms with Crippen LogP contribution >= 0.6 is 0 Å². The molecule has 94 valence electrons. The van der Waals surface area contributed by atoms with Crippen LogP contribution in [0.2, 0.25) is 0 Å². The standard InChI is InChI=1S/C9H16N6O2/c1-5(2)6-13-7(15-14-6)8(16)11-3-4-12-9(10)17/h5H,3-4H2,1-2H3,(H,11,16)(H3,10,12,17)(H,13,14,15). The predicted molar refractivity (Wildman–Crippen MR) is 60.4 cm³/mol. The molecule has 3 amide bonds. The molecule has 0 radical (unpaired) electrons. The lowest BCUT2D eigenvalue weighted by molar-refractivity contribution is 0.0944. The average Bonchev–Trinajstić information content (AvgIpc) is 2.73. The van der Waals surface area contributed by atoms with E-state index in [0.29, 0.717) is 5.82 Å². The average molecular weight is 240 g/mol. The Morgan fingerprint density at radius 2 is 2.00 bits per heavy atom. The lowest BCUT2D eigenvalue weighted by atomic mass is 10.2. The molecular formula is C9H16N6O2. The van der Waals surface area contributed by atoms with Crippen LogP contribution in [0.3, 0.4) is 0 Å². The topological polar surface area (TPSA) is 126 Å². The van der Waals surface area contributed by atoms with Crippen LogP contribution in [0.1, 0.15) is 36.2 Å². The number of rotatable bonds is 5. The number of amides is 3. The molecule has 0 aliphatic rings. The van der Waals surface area contributed by atoms with Crippen molar-refractivity contribution in [2.75, 3.05) is 13.1 Å². The van der Waals surface area contributed by atoms with E-state index in [4.69, 9.17) is 5.73 Å². The molecule has 0 unspecified atom stereocenters. The van der Waals surface area contributed by atoms with Crippen molar-refractivity contribution in [3.63, 3.8) is 0 Å². The molecule has 0 spiro atoms. The van der Waals surface area contributed by atoms with Gasteiger partial charge in [0, 0.05) is 19.0 Å². The van der Waals surface area contributed by atoms with Crippen molar-refractivity contribution in [1.82, 2.24) is 25.8 Å². The first-order chi connectivity index (χ1) is 8.00. The van der Waals surface area contributed by atoms with Crippen molar-refractivity contribution in [2.24, 2.45) is 5.73 Å². The minimum Gasteiger partial charge on any atom is -0.352 e. The molecule has 1 aromatic heterocycles. The summed E-state index contributed by atoms with van der Waals surface area (Å²) in [5, 5.41) is 11.4. The second kappa shape index (κ2) is 5.83. The molecule has 1 rings (SSSR count). The van der Waals surface area contributed by atoms with Crippen molar-refractivity contribution in [3.05, 3.63) is 11.6 Å². The Hall–Kier alpha value is -2.12. The Labute approximate surface area is 98.4 Å². The van der Waals surface area contributed by atoms with E-state index in [2.05, 4.69) is 25.8 Å². The number of carbonyl (C=O) groups is 2. The fraction of sp³-hybridized carbons (Fsp3) is 0.556. The molecule has 0 aliphatic carbocycles. The molecule has 1 heterocycles. The summed E-state index contributed by atoms with van der Waals surface area (Å²) in [5.74, 6) is 0.540. The van der Waals surface area contributed by atoms with Crippen LogP contribution in [0.25, 0.3) is 0 Å². The molecule has 0 fully saturated rings. The van der Waals surface area contributed by atoms with Gasteiger partial charge in [0.25, 0.3) is 5.91 Å². The fourth-order valence-corrected chi connectivity index (χ4v) is 1.07. The van der Waals surface area contributed by atoms with E-state index >= 15 is 0 Å². The quantitative estimate of drug-likeness (QED) is 0.509. The number of hydrogen-bond acceptors (Lipinski definition) is 4. The van der Waals surface area contributed by atoms with E-state index in [9.17, 15) is 9.59 Å². The van der Waals surface area contributed by atoms with E-state index < -0.39 is 6.03 Å². The van der Waals surface area contributed by atoms with E-state index in [1.807, 2.05) is 13.8 Å². The number of urea groups is 1. The van der Waals surface area contributed by atoms with Gasteiger partial charge >= 0.3 is 6.03 Å². The number of nitrogens with two attached hydrogens (primary N) is 1. The van der Waals surface area contributed by atoms with Crippen molar-refractivity contribution in [1.29, 1.82) is 0 Å². The Bertz CT molecular complexity index is 400. The van der Waals surface area contributed by atoms with Crippen molar-refractivity contribution >= 4 is 11.9 Å². The van der Waals surface area contributed by atoms with E-state index in [1.165, 1.54) is 0 Å². The van der Waals surface area contributed by atoms with Gasteiger partial charge in [0.05, 0.1) is 0 Å². The molecular weight excluding hydrogens is 224 g/mol. The zero-order chi connectivity index (χ0) is 12.8. The molecule has 0 bridgehead atoms. The molecule has 0 aliphatic heterocycles. The number of nitrogens with one attached hydrogen (secondary N) is 3. The highest BCUT2D eigenvalue weighted by Gasteiger charge is 2.13. The van der Waals surface area contributed by atoms with Gasteiger partial charge in [0.2, 0.25) is 5.82 Å². The molecule has 0 saturated carbocycles. The smallest absolute Gasteiger partial charge is 0.312 e. The molecule has 1 aromatic rings. The van der Waals surface area contributed by atoms with Gasteiger partial charge in [-0.05, 0) is 0 Å². The first kappa shape index (κ1) is 12.9. The van der Waals surface area contributed by atoms with Crippen LogP contribution in [-0.2, 0) is 0 Å². The summed E-state index contributed by atoms with van der Waals surface area (Å²) in [4.78, 5) is 25.9. The van der Waals surface area contributed by atoms with Gasteiger partial charge in [0.1, 0.15) is 5.82 Å². The number of aromatic nitrogens is 3. The third-order valence-electron chi connectivity index (χ3n) is 1.96. The molecule has 0 atom stereocenters. The lowest BCUT2D eigenvalue weighted by Gasteiger charge is -2.02. The Balaban J connectivity index is 2.39. The normalized spacial score (nSPS) is 10.3. The maximum absolute atomic E-state index is 11.5. The largest absolute Gasteiger partial charge is 0.352 e. The third kappa shape index (κ3) is 4.09. The SMILES string of the molecule is CC(C)c1nc(C(=O)NCCNC(N)=O)n[nH]1. The molecule has 0 saturated heterocycles. The zero-order valence-corrected chi connectivity index (χ0v) is 9.78. The Morgan fingerprint density at radius 1 is 1.35 bits per heavy atom. The predicted octanol–water partition coefficient (Wildman–Crippen LogP) is -0.674. The summed E-state index contributed by atoms with van der Waals surface area (Å²) < 4.78 is 0. The van der Waals surface area contributed by atoms with Crippen LogP contribution in [0, 0.1) is 0 Å². The van der Waals surface area contributed by atoms with Gasteiger partial charge in [-0.3, -0.25) is 9.89 Å². The second-order valence-electron chi connectivity index (χ2n) is 3.75. The Morgan fingerprint density at radius 3 is 2.53 bits per heavy atom. The summed E-state index contributed by atoms with van der Waals surface area (Å²) in [6, 6.07) is -0.626. The second-order valence-corrected chi connectivity index (χ2v) is 3.75. The molecule has 0 aromatic carbocycles. The van der Waals surface area contributed by atoms with Gasteiger partial charge in [-0.25, -0.2) is 9.78 Å². The summed E-state index contributed by atoms with van der Waals surface area (Å²) in [7, 11) is 0. The van der Waals surface area contributed by atoms with E-state index in [0.717, 1.165) is 0 Å². The van der Waals surface area contributed by atoms with Gasteiger partial charge in [0.15, 0.2) is 0 Å². The first-order valence-electron chi connectivity index (χ1n) is 5.24. The van der Waals surface area contributed by atoms with Crippen molar-refractivity contribution in [2.45, 2.75) is 19.8 Å². The van der Waals surface area contributed by atoms with Crippen LogP contribution in [0.4, 0.5) is 4.79 Å². The molecule has 17 heavy (non-hydrogen) atoms. The van der Waals surface area contributed by atoms with Gasteiger partial charge in [-0.15, -0.1) is 5.10 Å². The number of H-pyrrole nitrogens is 1. The fourth-order valence-electron chi connectivity index (χ4n) is 1.07. The summed E-state index contributed by atoms with van der Waals surface area (Å²) in [6.45, 7) is 4.42. The third-order valence-corrected chi connectivity index (χ3v) is 1.96. The maximum atomic E-state index is 11.5. The first-order valence-corrected chi connectivity index (χ1v) is 5.24. The molecule has 8 nitrogen and oxygen atoms in total. The van der Waals surface area contributed by atoms with Crippen molar-refractivity contribution in [3.8, 4) is 0 Å². The number of primary amides is 1. The zero-order valence-electron chi connectivity index (χ0n) is 9.78. The minimum atomic E-state index is -0.626. The van der Waals surface area contributed by atoms with Gasteiger partial charge in [-0.2, -0.15) is 0 Å². The molecule has 5 N–H and O–H groups in total. The maximum Gasteiger partial charge on any atom is 0.312 e. The van der Waals surface area contributed by atoms with Gasteiger partial charge < -0.3 is 16.4 Å². The highest BCUT2D eigenvalue weighted by molar-refractivity contribution is 5.90. The van der Waals surface area contributed by atoms with Crippen LogP contribution < -0.4 is 16.4 Å². The van der Waals surface area contributed by atoms with E-state index in [-0.39, 0.29) is 30.7 Å². The van der Waals surface area contributed by atoms with Gasteiger partial charge in [-0.1, -0.05) is 13.8 Å². The van der Waals surface area contributed by atoms with Crippen LogP contribution in [0.15, 0.2) is 0 Å². The van der Waals surface area contributed by atoms with Crippen LogP contribution in [-0.4, -0.2) is 40.2 Å². The highest BCUT2D eigenvalue weighted by atomic mass is 16.2. The summed E-state index contributed by atoms with van der Waals surface area (Å²) in [6.07, 6.45) is 0. The summed E-state index contributed by atoms with van der Waals surface area (Å²) in [5.41, 5.74) is 4.86. The number of hydrogen-bond donors (Lipinski definition) is 4. The van der Waals surface area contributed by atoms with Crippen LogP contribution in [0.5, 0.6) is 0 Å². The highest BCUT2D eigenvalue weighted by Crippen LogP contribution is 2.07. The summed E-state index contributed by atoms with van der Waals surface area (Å²) >= 11 is 0.